The average Bonchev–Trinajstić information content (AvgIpc) is 3.31. The van der Waals surface area contributed by atoms with Gasteiger partial charge < -0.3 is 14.1 Å². The lowest BCUT2D eigenvalue weighted by atomic mass is 10.3. The van der Waals surface area contributed by atoms with Crippen LogP contribution in [-0.4, -0.2) is 37.8 Å². The number of amides is 1. The second-order valence-corrected chi connectivity index (χ2v) is 7.37. The SMILES string of the molecule is Cc1nc2cc(OCc3nc(C(=O)N(C)Cc4ccncn4)co3)ccc2s1. The molecule has 0 saturated heterocycles. The van der Waals surface area contributed by atoms with Crippen LogP contribution in [0.3, 0.4) is 0 Å². The summed E-state index contributed by atoms with van der Waals surface area (Å²) in [5.74, 6) is 0.742. The van der Waals surface area contributed by atoms with Crippen LogP contribution in [0, 0.1) is 6.92 Å². The van der Waals surface area contributed by atoms with E-state index in [0.29, 0.717) is 18.2 Å². The molecular formula is C19H17N5O3S. The van der Waals surface area contributed by atoms with Gasteiger partial charge in [-0.25, -0.2) is 19.9 Å². The van der Waals surface area contributed by atoms with Crippen molar-refractivity contribution in [3.05, 3.63) is 65.3 Å². The van der Waals surface area contributed by atoms with Gasteiger partial charge in [0.25, 0.3) is 5.91 Å². The third-order valence-corrected chi connectivity index (χ3v) is 4.94. The van der Waals surface area contributed by atoms with Crippen molar-refractivity contribution in [3.63, 3.8) is 0 Å². The Morgan fingerprint density at radius 1 is 1.29 bits per heavy atom. The molecule has 3 aromatic heterocycles. The van der Waals surface area contributed by atoms with Crippen LogP contribution in [-0.2, 0) is 13.2 Å². The van der Waals surface area contributed by atoms with Crippen LogP contribution in [0.4, 0.5) is 0 Å². The van der Waals surface area contributed by atoms with Gasteiger partial charge >= 0.3 is 0 Å². The molecule has 28 heavy (non-hydrogen) atoms. The molecule has 0 N–H and O–H groups in total. The molecule has 4 rings (SSSR count). The molecule has 0 saturated carbocycles. The van der Waals surface area contributed by atoms with Crippen molar-refractivity contribution in [2.24, 2.45) is 0 Å². The number of ether oxygens (including phenoxy) is 1. The molecule has 9 heteroatoms. The number of carbonyl (C=O) groups excluding carboxylic acids is 1. The molecule has 4 aromatic rings. The summed E-state index contributed by atoms with van der Waals surface area (Å²) in [6, 6.07) is 7.49. The summed E-state index contributed by atoms with van der Waals surface area (Å²) in [7, 11) is 1.68. The third kappa shape index (κ3) is 3.99. The van der Waals surface area contributed by atoms with E-state index in [1.807, 2.05) is 25.1 Å². The maximum absolute atomic E-state index is 12.5. The van der Waals surface area contributed by atoms with E-state index < -0.39 is 0 Å². The molecule has 8 nitrogen and oxygen atoms in total. The van der Waals surface area contributed by atoms with Crippen molar-refractivity contribution in [3.8, 4) is 5.75 Å². The van der Waals surface area contributed by atoms with Gasteiger partial charge in [-0.1, -0.05) is 0 Å². The Labute approximate surface area is 164 Å². The molecule has 0 aliphatic rings. The number of fused-ring (bicyclic) bond motifs is 1. The van der Waals surface area contributed by atoms with Crippen molar-refractivity contribution in [1.82, 2.24) is 24.8 Å². The molecule has 0 fully saturated rings. The first-order valence-corrected chi connectivity index (χ1v) is 9.35. The van der Waals surface area contributed by atoms with Crippen LogP contribution >= 0.6 is 11.3 Å². The van der Waals surface area contributed by atoms with Gasteiger partial charge in [0.2, 0.25) is 5.89 Å². The van der Waals surface area contributed by atoms with Crippen molar-refractivity contribution in [1.29, 1.82) is 0 Å². The number of hydrogen-bond acceptors (Lipinski definition) is 8. The highest BCUT2D eigenvalue weighted by Crippen LogP contribution is 2.26. The Morgan fingerprint density at radius 3 is 3.00 bits per heavy atom. The van der Waals surface area contributed by atoms with Gasteiger partial charge in [-0.05, 0) is 25.1 Å². The Kier molecular flexibility index (Phi) is 4.98. The number of aryl methyl sites for hydroxylation is 1. The van der Waals surface area contributed by atoms with Gasteiger partial charge in [-0.15, -0.1) is 11.3 Å². The number of thiazole rings is 1. The summed E-state index contributed by atoms with van der Waals surface area (Å²) < 4.78 is 12.2. The molecule has 0 bridgehead atoms. The van der Waals surface area contributed by atoms with E-state index in [4.69, 9.17) is 9.15 Å². The van der Waals surface area contributed by atoms with E-state index in [0.717, 1.165) is 20.9 Å². The lowest BCUT2D eigenvalue weighted by Crippen LogP contribution is -2.27. The quantitative estimate of drug-likeness (QED) is 0.495. The molecule has 3 heterocycles. The average molecular weight is 395 g/mol. The molecule has 1 amide bonds. The third-order valence-electron chi connectivity index (χ3n) is 3.99. The van der Waals surface area contributed by atoms with Crippen LogP contribution in [0.1, 0.15) is 27.1 Å². The Balaban J connectivity index is 1.38. The van der Waals surface area contributed by atoms with Crippen molar-refractivity contribution in [2.75, 3.05) is 7.05 Å². The minimum atomic E-state index is -0.256. The molecule has 0 aliphatic heterocycles. The fourth-order valence-electron chi connectivity index (χ4n) is 2.65. The largest absolute Gasteiger partial charge is 0.484 e. The standard InChI is InChI=1S/C19H17N5O3S/c1-12-22-15-7-14(3-4-17(15)28-12)26-10-18-23-16(9-27-18)19(25)24(2)8-13-5-6-20-11-21-13/h3-7,9,11H,8,10H2,1-2H3. The van der Waals surface area contributed by atoms with E-state index in [2.05, 4.69) is 19.9 Å². The fraction of sp³-hybridized carbons (Fsp3) is 0.211. The molecule has 0 spiro atoms. The zero-order valence-electron chi connectivity index (χ0n) is 15.3. The molecule has 0 atom stereocenters. The summed E-state index contributed by atoms with van der Waals surface area (Å²) in [5, 5.41) is 1.01. The van der Waals surface area contributed by atoms with E-state index in [1.165, 1.54) is 17.5 Å². The van der Waals surface area contributed by atoms with Gasteiger partial charge in [0.15, 0.2) is 12.3 Å². The van der Waals surface area contributed by atoms with E-state index in [9.17, 15) is 4.79 Å². The monoisotopic (exact) mass is 395 g/mol. The first kappa shape index (κ1) is 18.1. The Hall–Kier alpha value is -3.33. The second-order valence-electron chi connectivity index (χ2n) is 6.14. The molecular weight excluding hydrogens is 378 g/mol. The van der Waals surface area contributed by atoms with Crippen LogP contribution in [0.15, 0.2) is 47.5 Å². The lowest BCUT2D eigenvalue weighted by Gasteiger charge is -2.14. The zero-order chi connectivity index (χ0) is 19.5. The summed E-state index contributed by atoms with van der Waals surface area (Å²) in [5.41, 5.74) is 1.86. The van der Waals surface area contributed by atoms with E-state index in [1.54, 1.807) is 30.6 Å². The lowest BCUT2D eigenvalue weighted by molar-refractivity contribution is 0.0777. The number of oxazole rings is 1. The maximum atomic E-state index is 12.5. The Morgan fingerprint density at radius 2 is 2.18 bits per heavy atom. The van der Waals surface area contributed by atoms with Crippen LogP contribution in [0.25, 0.3) is 10.2 Å². The predicted molar refractivity (Wildman–Crippen MR) is 103 cm³/mol. The summed E-state index contributed by atoms with van der Waals surface area (Å²) >= 11 is 1.64. The second kappa shape index (κ2) is 7.73. The van der Waals surface area contributed by atoms with Crippen LogP contribution in [0.2, 0.25) is 0 Å². The number of rotatable bonds is 6. The summed E-state index contributed by atoms with van der Waals surface area (Å²) in [6.45, 7) is 2.45. The minimum absolute atomic E-state index is 0.123. The highest BCUT2D eigenvalue weighted by molar-refractivity contribution is 7.18. The summed E-state index contributed by atoms with van der Waals surface area (Å²) in [4.78, 5) is 30.7. The topological polar surface area (TPSA) is 94.2 Å². The number of benzene rings is 1. The number of nitrogens with zero attached hydrogens (tertiary/aromatic N) is 5. The maximum Gasteiger partial charge on any atom is 0.275 e. The van der Waals surface area contributed by atoms with Crippen LogP contribution in [0.5, 0.6) is 5.75 Å². The van der Waals surface area contributed by atoms with Gasteiger partial charge in [0, 0.05) is 19.3 Å². The molecule has 0 aliphatic carbocycles. The molecule has 1 aromatic carbocycles. The summed E-state index contributed by atoms with van der Waals surface area (Å²) in [6.07, 6.45) is 4.42. The highest BCUT2D eigenvalue weighted by atomic mass is 32.1. The minimum Gasteiger partial charge on any atom is -0.484 e. The zero-order valence-corrected chi connectivity index (χ0v) is 16.1. The van der Waals surface area contributed by atoms with Gasteiger partial charge in [0.05, 0.1) is 27.5 Å². The highest BCUT2D eigenvalue weighted by Gasteiger charge is 2.17. The van der Waals surface area contributed by atoms with Gasteiger partial charge in [-0.2, -0.15) is 0 Å². The predicted octanol–water partition coefficient (Wildman–Crippen LogP) is 3.23. The smallest absolute Gasteiger partial charge is 0.275 e. The van der Waals surface area contributed by atoms with Crippen molar-refractivity contribution in [2.45, 2.75) is 20.1 Å². The van der Waals surface area contributed by atoms with E-state index in [-0.39, 0.29) is 18.2 Å². The Bertz CT molecular complexity index is 1110. The van der Waals surface area contributed by atoms with Gasteiger partial charge in [-0.3, -0.25) is 4.79 Å². The molecule has 142 valence electrons. The fourth-order valence-corrected chi connectivity index (χ4v) is 3.46. The number of hydrogen-bond donors (Lipinski definition) is 0. The van der Waals surface area contributed by atoms with E-state index >= 15 is 0 Å². The number of carbonyl (C=O) groups is 1. The normalized spacial score (nSPS) is 10.9. The van der Waals surface area contributed by atoms with Crippen LogP contribution < -0.4 is 4.74 Å². The van der Waals surface area contributed by atoms with Gasteiger partial charge in [0.1, 0.15) is 18.3 Å². The first-order valence-electron chi connectivity index (χ1n) is 8.53. The molecule has 0 unspecified atom stereocenters. The first-order chi connectivity index (χ1) is 13.6. The van der Waals surface area contributed by atoms with Crippen molar-refractivity contribution < 1.29 is 13.9 Å². The molecule has 0 radical (unpaired) electrons. The number of aromatic nitrogens is 4. The van der Waals surface area contributed by atoms with Crippen molar-refractivity contribution >= 4 is 27.5 Å².